The van der Waals surface area contributed by atoms with E-state index in [9.17, 15) is 4.79 Å². The fourth-order valence-corrected chi connectivity index (χ4v) is 1.73. The van der Waals surface area contributed by atoms with Crippen molar-refractivity contribution in [3.05, 3.63) is 28.7 Å². The molecule has 0 radical (unpaired) electrons. The number of nitrogens with one attached hydrogen (secondary N) is 3. The molecular weight excluding hydrogens is 338 g/mol. The number of amidine groups is 1. The summed E-state index contributed by atoms with van der Waals surface area (Å²) in [6.07, 6.45) is 0.791. The molecule has 116 valence electrons. The Labute approximate surface area is 133 Å². The van der Waals surface area contributed by atoms with Gasteiger partial charge in [0.1, 0.15) is 0 Å². The monoisotopic (exact) mass is 358 g/mol. The van der Waals surface area contributed by atoms with E-state index in [0.717, 1.165) is 16.6 Å². The van der Waals surface area contributed by atoms with E-state index in [-0.39, 0.29) is 5.84 Å². The molecule has 7 heteroatoms. The second kappa shape index (κ2) is 10.2. The van der Waals surface area contributed by atoms with Crippen LogP contribution in [0.5, 0.6) is 0 Å². The number of carbonyl (C=O) groups excluding carboxylic acids is 1. The number of benzene rings is 1. The number of esters is 1. The number of halogens is 1. The highest BCUT2D eigenvalue weighted by atomic mass is 79.9. The van der Waals surface area contributed by atoms with Crippen molar-refractivity contribution in [3.8, 4) is 0 Å². The summed E-state index contributed by atoms with van der Waals surface area (Å²) in [5, 5.41) is 0. The van der Waals surface area contributed by atoms with Gasteiger partial charge in [0.05, 0.1) is 18.8 Å². The van der Waals surface area contributed by atoms with Crippen LogP contribution in [0.4, 0.5) is 5.69 Å². The Morgan fingerprint density at radius 2 is 2.05 bits per heavy atom. The standard InChI is InChI=1S/C14H20BrN3O3/c1-3-21-14(19)13(16-9-4-10-20-2)18-17-12-7-5-11(15)6-8-12/h5-8,17H,3-4,9-10H2,1-2H3,(H,16,18)/p+1. The van der Waals surface area contributed by atoms with Crippen molar-refractivity contribution in [2.24, 2.45) is 0 Å². The van der Waals surface area contributed by atoms with Gasteiger partial charge in [-0.2, -0.15) is 5.43 Å². The smallest absolute Gasteiger partial charge is 0.423 e. The summed E-state index contributed by atoms with van der Waals surface area (Å²) in [7, 11) is 1.64. The minimum absolute atomic E-state index is 0.274. The van der Waals surface area contributed by atoms with Gasteiger partial charge in [-0.3, -0.25) is 4.99 Å². The molecule has 0 heterocycles. The van der Waals surface area contributed by atoms with Gasteiger partial charge < -0.3 is 9.47 Å². The Morgan fingerprint density at radius 1 is 1.33 bits per heavy atom. The van der Waals surface area contributed by atoms with Gasteiger partial charge in [-0.15, -0.1) is 0 Å². The Hall–Kier alpha value is -1.60. The van der Waals surface area contributed by atoms with Crippen LogP contribution in [0.15, 0.2) is 28.7 Å². The lowest BCUT2D eigenvalue weighted by Gasteiger charge is -2.06. The van der Waals surface area contributed by atoms with Crippen LogP contribution in [0, 0.1) is 0 Å². The third kappa shape index (κ3) is 7.10. The highest BCUT2D eigenvalue weighted by Crippen LogP contribution is 2.12. The number of hydrazine groups is 1. The van der Waals surface area contributed by atoms with Crippen LogP contribution in [0.1, 0.15) is 13.3 Å². The Kier molecular flexibility index (Phi) is 8.45. The molecule has 0 unspecified atom stereocenters. The molecule has 0 saturated heterocycles. The van der Waals surface area contributed by atoms with Crippen molar-refractivity contribution in [3.63, 3.8) is 0 Å². The van der Waals surface area contributed by atoms with Gasteiger partial charge in [0.2, 0.25) is 0 Å². The van der Waals surface area contributed by atoms with Crippen LogP contribution in [-0.4, -0.2) is 38.7 Å². The van der Waals surface area contributed by atoms with Gasteiger partial charge in [-0.05, 0) is 31.2 Å². The number of hydrogen-bond donors (Lipinski definition) is 3. The van der Waals surface area contributed by atoms with Crippen LogP contribution in [0.3, 0.4) is 0 Å². The number of anilines is 1. The van der Waals surface area contributed by atoms with Gasteiger partial charge in [0, 0.05) is 24.6 Å². The molecule has 0 saturated carbocycles. The van der Waals surface area contributed by atoms with Crippen molar-refractivity contribution in [1.82, 2.24) is 5.43 Å². The molecule has 0 aromatic heterocycles. The average Bonchev–Trinajstić information content (AvgIpc) is 2.48. The molecule has 6 nitrogen and oxygen atoms in total. The molecule has 0 aliphatic heterocycles. The third-order valence-corrected chi connectivity index (χ3v) is 3.01. The quantitative estimate of drug-likeness (QED) is 0.217. The normalized spacial score (nSPS) is 11.1. The molecule has 0 amide bonds. The predicted octanol–water partition coefficient (Wildman–Crippen LogP) is 0.444. The summed E-state index contributed by atoms with van der Waals surface area (Å²) in [6.45, 7) is 3.32. The Morgan fingerprint density at radius 3 is 2.67 bits per heavy atom. The minimum Gasteiger partial charge on any atom is -0.457 e. The maximum atomic E-state index is 11.8. The molecule has 3 N–H and O–H groups in total. The van der Waals surface area contributed by atoms with E-state index in [0.29, 0.717) is 19.8 Å². The largest absolute Gasteiger partial charge is 0.457 e. The second-order valence-corrected chi connectivity index (χ2v) is 5.04. The zero-order chi connectivity index (χ0) is 15.5. The maximum Gasteiger partial charge on any atom is 0.423 e. The fraction of sp³-hybridized carbons (Fsp3) is 0.429. The molecular formula is C14H21BrN3O3+. The second-order valence-electron chi connectivity index (χ2n) is 4.13. The molecule has 0 aliphatic carbocycles. The zero-order valence-electron chi connectivity index (χ0n) is 12.2. The lowest BCUT2D eigenvalue weighted by atomic mass is 10.3. The fourth-order valence-electron chi connectivity index (χ4n) is 1.47. The highest BCUT2D eigenvalue weighted by Gasteiger charge is 2.19. The first-order valence-electron chi connectivity index (χ1n) is 6.71. The van der Waals surface area contributed by atoms with E-state index in [2.05, 4.69) is 31.8 Å². The molecule has 0 aliphatic rings. The third-order valence-electron chi connectivity index (χ3n) is 2.48. The topological polar surface area (TPSA) is 73.6 Å². The highest BCUT2D eigenvalue weighted by molar-refractivity contribution is 9.10. The predicted molar refractivity (Wildman–Crippen MR) is 84.9 cm³/mol. The number of methoxy groups -OCH3 is 1. The van der Waals surface area contributed by atoms with Gasteiger partial charge >= 0.3 is 11.8 Å². The summed E-state index contributed by atoms with van der Waals surface area (Å²) in [5.74, 6) is -0.157. The van der Waals surface area contributed by atoms with E-state index in [1.54, 1.807) is 14.0 Å². The maximum absolute atomic E-state index is 11.8. The van der Waals surface area contributed by atoms with Crippen molar-refractivity contribution in [2.75, 3.05) is 32.3 Å². The van der Waals surface area contributed by atoms with E-state index >= 15 is 0 Å². The number of rotatable bonds is 7. The summed E-state index contributed by atoms with van der Waals surface area (Å²) in [5.41, 5.74) is 6.62. The van der Waals surface area contributed by atoms with Crippen molar-refractivity contribution in [2.45, 2.75) is 13.3 Å². The summed E-state index contributed by atoms with van der Waals surface area (Å²) in [6, 6.07) is 7.57. The van der Waals surface area contributed by atoms with Crippen LogP contribution in [-0.2, 0) is 14.3 Å². The Balaban J connectivity index is 2.59. The number of carbonyl (C=O) groups is 1. The van der Waals surface area contributed by atoms with Crippen LogP contribution >= 0.6 is 15.9 Å². The van der Waals surface area contributed by atoms with Crippen LogP contribution < -0.4 is 15.8 Å². The van der Waals surface area contributed by atoms with E-state index in [1.165, 1.54) is 0 Å². The van der Waals surface area contributed by atoms with Gasteiger partial charge in [0.25, 0.3) is 0 Å². The van der Waals surface area contributed by atoms with Gasteiger partial charge in [0.15, 0.2) is 0 Å². The first kappa shape index (κ1) is 17.5. The molecule has 1 aromatic carbocycles. The lowest BCUT2D eigenvalue weighted by molar-refractivity contribution is -0.459. The molecule has 1 rings (SSSR count). The van der Waals surface area contributed by atoms with Crippen molar-refractivity contribution < 1.29 is 19.3 Å². The molecule has 0 atom stereocenters. The van der Waals surface area contributed by atoms with Crippen molar-refractivity contribution in [1.29, 1.82) is 0 Å². The summed E-state index contributed by atoms with van der Waals surface area (Å²) >= 11 is 3.37. The van der Waals surface area contributed by atoms with E-state index in [4.69, 9.17) is 9.47 Å². The first-order chi connectivity index (χ1) is 10.2. The van der Waals surface area contributed by atoms with Crippen molar-refractivity contribution >= 4 is 33.4 Å². The Bertz CT molecular complexity index is 463. The molecule has 21 heavy (non-hydrogen) atoms. The van der Waals surface area contributed by atoms with E-state index in [1.807, 2.05) is 24.3 Å². The first-order valence-corrected chi connectivity index (χ1v) is 7.51. The molecule has 0 bridgehead atoms. The van der Waals surface area contributed by atoms with Gasteiger partial charge in [-0.1, -0.05) is 15.9 Å². The molecule has 0 fully saturated rings. The van der Waals surface area contributed by atoms with Crippen LogP contribution in [0.2, 0.25) is 0 Å². The van der Waals surface area contributed by atoms with E-state index < -0.39 is 5.97 Å². The minimum atomic E-state index is -0.431. The summed E-state index contributed by atoms with van der Waals surface area (Å²) < 4.78 is 10.9. The lowest BCUT2D eigenvalue weighted by Crippen LogP contribution is -2.78. The van der Waals surface area contributed by atoms with Gasteiger partial charge in [-0.25, -0.2) is 10.2 Å². The number of ether oxygens (including phenoxy) is 2. The molecule has 0 spiro atoms. The average molecular weight is 359 g/mol. The number of hydrogen-bond acceptors (Lipinski definition) is 4. The SMILES string of the molecule is CCOC(=O)C(NNc1ccc(Br)cc1)=[NH+]CCCOC. The zero-order valence-corrected chi connectivity index (χ0v) is 13.8. The summed E-state index contributed by atoms with van der Waals surface area (Å²) in [4.78, 5) is 14.8. The molecule has 1 aromatic rings. The van der Waals surface area contributed by atoms with Crippen LogP contribution in [0.25, 0.3) is 0 Å².